The van der Waals surface area contributed by atoms with Crippen molar-refractivity contribution in [2.75, 3.05) is 12.9 Å². The van der Waals surface area contributed by atoms with Crippen LogP contribution < -0.4 is 0 Å². The van der Waals surface area contributed by atoms with Gasteiger partial charge in [-0.15, -0.1) is 0 Å². The molecule has 172 valence electrons. The first-order valence-corrected chi connectivity index (χ1v) is 11.6. The monoisotopic (exact) mass is 515 g/mol. The maximum absolute atomic E-state index is 13.0. The van der Waals surface area contributed by atoms with Gasteiger partial charge in [-0.3, -0.25) is 4.98 Å². The number of amides is 2. The van der Waals surface area contributed by atoms with Gasteiger partial charge in [0.15, 0.2) is 5.17 Å². The van der Waals surface area contributed by atoms with Gasteiger partial charge in [-0.2, -0.15) is 4.90 Å². The smallest absolute Gasteiger partial charge is 0.426 e. The van der Waals surface area contributed by atoms with Gasteiger partial charge in [-0.25, -0.2) is 14.6 Å². The molecular formula is C21H30BrN3O5S. The van der Waals surface area contributed by atoms with E-state index in [1.807, 2.05) is 19.1 Å². The highest BCUT2D eigenvalue weighted by atomic mass is 79.9. The lowest BCUT2D eigenvalue weighted by molar-refractivity contribution is 0.0143. The number of hydrogen-bond acceptors (Lipinski definition) is 8. The number of carbonyl (C=O) groups is 2. The predicted octanol–water partition coefficient (Wildman–Crippen LogP) is 5.35. The lowest BCUT2D eigenvalue weighted by Gasteiger charge is -2.38. The van der Waals surface area contributed by atoms with Gasteiger partial charge in [-0.05, 0) is 60.6 Å². The Bertz CT molecular complexity index is 837. The van der Waals surface area contributed by atoms with Crippen molar-refractivity contribution < 1.29 is 23.8 Å². The van der Waals surface area contributed by atoms with Gasteiger partial charge in [0.05, 0.1) is 11.8 Å². The maximum Gasteiger partial charge on any atom is 0.426 e. The molecule has 8 nitrogen and oxygen atoms in total. The molecule has 1 unspecified atom stereocenters. The molecule has 1 aliphatic rings. The Morgan fingerprint density at radius 3 is 2.16 bits per heavy atom. The summed E-state index contributed by atoms with van der Waals surface area (Å²) in [6.45, 7) is 12.2. The topological polar surface area (TPSA) is 90.3 Å². The third-order valence-corrected chi connectivity index (χ3v) is 5.68. The van der Waals surface area contributed by atoms with Crippen LogP contribution in [0.2, 0.25) is 0 Å². The molecule has 0 saturated heterocycles. The minimum absolute atomic E-state index is 0.168. The Morgan fingerprint density at radius 1 is 1.16 bits per heavy atom. The summed E-state index contributed by atoms with van der Waals surface area (Å²) in [5.41, 5.74) is -1.91. The van der Waals surface area contributed by atoms with E-state index < -0.39 is 28.9 Å². The summed E-state index contributed by atoms with van der Waals surface area (Å²) < 4.78 is 17.5. The standard InChI is InChI=1S/C21H30BrN3O5S/c1-19(2,3)29-17(26)25(18(27)30-20(4,5)6)16-24-21(7,15(28-8)12-31-16)14-11-13(22)9-10-23-14/h9-11,15H,12H2,1-8H3/t15?,21-/m1/s1. The number of imide groups is 1. The molecule has 2 amide bonds. The number of carbonyl (C=O) groups excluding carboxylic acids is 2. The van der Waals surface area contributed by atoms with Gasteiger partial charge < -0.3 is 14.2 Å². The largest absolute Gasteiger partial charge is 0.443 e. The summed E-state index contributed by atoms with van der Waals surface area (Å²) in [5, 5.41) is 0.168. The van der Waals surface area contributed by atoms with E-state index in [4.69, 9.17) is 19.2 Å². The van der Waals surface area contributed by atoms with Crippen molar-refractivity contribution in [2.45, 2.75) is 71.3 Å². The Morgan fingerprint density at radius 2 is 1.71 bits per heavy atom. The lowest BCUT2D eigenvalue weighted by atomic mass is 9.91. The van der Waals surface area contributed by atoms with E-state index in [2.05, 4.69) is 20.9 Å². The van der Waals surface area contributed by atoms with Crippen LogP contribution in [0.15, 0.2) is 27.8 Å². The fraction of sp³-hybridized carbons (Fsp3) is 0.619. The molecule has 1 aliphatic heterocycles. The summed E-state index contributed by atoms with van der Waals surface area (Å²) >= 11 is 4.68. The Labute approximate surface area is 196 Å². The molecule has 0 spiro atoms. The number of nitrogens with zero attached hydrogens (tertiary/aromatic N) is 3. The number of aromatic nitrogens is 1. The molecule has 0 N–H and O–H groups in total. The molecule has 31 heavy (non-hydrogen) atoms. The number of hydrogen-bond donors (Lipinski definition) is 0. The summed E-state index contributed by atoms with van der Waals surface area (Å²) in [4.78, 5) is 36.1. The second kappa shape index (κ2) is 9.46. The molecule has 0 aromatic carbocycles. The van der Waals surface area contributed by atoms with E-state index in [0.29, 0.717) is 11.4 Å². The molecule has 1 aromatic heterocycles. The minimum atomic E-state index is -0.943. The van der Waals surface area contributed by atoms with E-state index in [1.165, 1.54) is 11.8 Å². The number of methoxy groups -OCH3 is 1. The van der Waals surface area contributed by atoms with Crippen molar-refractivity contribution in [1.82, 2.24) is 9.88 Å². The molecule has 0 fully saturated rings. The van der Waals surface area contributed by atoms with Gasteiger partial charge in [0.2, 0.25) is 0 Å². The fourth-order valence-electron chi connectivity index (χ4n) is 2.78. The number of thioether (sulfide) groups is 1. The van der Waals surface area contributed by atoms with Gasteiger partial charge in [0.25, 0.3) is 0 Å². The first kappa shape index (κ1) is 25.6. The summed E-state index contributed by atoms with van der Waals surface area (Å²) in [6.07, 6.45) is -0.377. The van der Waals surface area contributed by atoms with Crippen LogP contribution in [0.4, 0.5) is 9.59 Å². The second-order valence-corrected chi connectivity index (χ2v) is 11.1. The van der Waals surface area contributed by atoms with Crippen LogP contribution in [-0.4, -0.2) is 57.4 Å². The maximum atomic E-state index is 13.0. The molecule has 2 rings (SSSR count). The third kappa shape index (κ3) is 6.66. The summed E-state index contributed by atoms with van der Waals surface area (Å²) in [5.74, 6) is 0.447. The predicted molar refractivity (Wildman–Crippen MR) is 124 cm³/mol. The van der Waals surface area contributed by atoms with Crippen molar-refractivity contribution in [1.29, 1.82) is 0 Å². The molecule has 1 aromatic rings. The molecular weight excluding hydrogens is 486 g/mol. The first-order chi connectivity index (χ1) is 14.2. The number of amidine groups is 1. The van der Waals surface area contributed by atoms with Gasteiger partial charge in [-0.1, -0.05) is 27.7 Å². The zero-order chi connectivity index (χ0) is 23.6. The van der Waals surface area contributed by atoms with Gasteiger partial charge in [0.1, 0.15) is 16.7 Å². The van der Waals surface area contributed by atoms with E-state index in [9.17, 15) is 9.59 Å². The van der Waals surface area contributed by atoms with Crippen LogP contribution >= 0.6 is 27.7 Å². The molecule has 2 heterocycles. The summed E-state index contributed by atoms with van der Waals surface area (Å²) in [7, 11) is 1.60. The normalized spacial score (nSPS) is 21.8. The average molecular weight is 516 g/mol. The zero-order valence-corrected chi connectivity index (χ0v) is 21.6. The number of pyridine rings is 1. The highest BCUT2D eigenvalue weighted by Gasteiger charge is 2.45. The van der Waals surface area contributed by atoms with Crippen LogP contribution in [-0.2, 0) is 19.7 Å². The van der Waals surface area contributed by atoms with Crippen LogP contribution in [0.3, 0.4) is 0 Å². The molecule has 0 bridgehead atoms. The fourth-order valence-corrected chi connectivity index (χ4v) is 4.41. The Hall–Kier alpha value is -1.65. The van der Waals surface area contributed by atoms with Gasteiger partial charge >= 0.3 is 12.2 Å². The molecule has 10 heteroatoms. The van der Waals surface area contributed by atoms with Crippen molar-refractivity contribution in [3.05, 3.63) is 28.5 Å². The van der Waals surface area contributed by atoms with Crippen LogP contribution in [0.5, 0.6) is 0 Å². The summed E-state index contributed by atoms with van der Waals surface area (Å²) in [6, 6.07) is 3.65. The molecule has 2 atom stereocenters. The van der Waals surface area contributed by atoms with E-state index in [1.54, 1.807) is 54.8 Å². The average Bonchev–Trinajstić information content (AvgIpc) is 2.59. The van der Waals surface area contributed by atoms with E-state index >= 15 is 0 Å². The highest BCUT2D eigenvalue weighted by molar-refractivity contribution is 9.10. The highest BCUT2D eigenvalue weighted by Crippen LogP contribution is 2.38. The first-order valence-electron chi connectivity index (χ1n) is 9.80. The lowest BCUT2D eigenvalue weighted by Crippen LogP contribution is -2.50. The molecule has 0 aliphatic carbocycles. The number of ether oxygens (including phenoxy) is 3. The van der Waals surface area contributed by atoms with Gasteiger partial charge in [0, 0.05) is 23.5 Å². The SMILES string of the molecule is COC1CSC(N(C(=O)OC(C)(C)C)C(=O)OC(C)(C)C)=N[C@]1(C)c1cc(Br)ccn1. The van der Waals surface area contributed by atoms with Crippen LogP contribution in [0.25, 0.3) is 0 Å². The van der Waals surface area contributed by atoms with Crippen molar-refractivity contribution in [3.8, 4) is 0 Å². The quantitative estimate of drug-likeness (QED) is 0.524. The molecule has 0 radical (unpaired) electrons. The molecule has 0 saturated carbocycles. The Kier molecular flexibility index (Phi) is 7.81. The Balaban J connectivity index is 2.56. The third-order valence-electron chi connectivity index (χ3n) is 4.19. The van der Waals surface area contributed by atoms with Crippen LogP contribution in [0, 0.1) is 0 Å². The number of aliphatic imine (C=N–C) groups is 1. The van der Waals surface area contributed by atoms with Crippen molar-refractivity contribution in [3.63, 3.8) is 0 Å². The second-order valence-electron chi connectivity index (χ2n) is 9.23. The number of rotatable bonds is 2. The van der Waals surface area contributed by atoms with Crippen molar-refractivity contribution in [2.24, 2.45) is 4.99 Å². The van der Waals surface area contributed by atoms with Crippen molar-refractivity contribution >= 4 is 45.0 Å². The minimum Gasteiger partial charge on any atom is -0.443 e. The van der Waals surface area contributed by atoms with E-state index in [-0.39, 0.29) is 11.3 Å². The number of halogens is 1. The van der Waals surface area contributed by atoms with E-state index in [0.717, 1.165) is 9.37 Å². The zero-order valence-electron chi connectivity index (χ0n) is 19.2. The van der Waals surface area contributed by atoms with Crippen LogP contribution in [0.1, 0.15) is 54.2 Å².